The smallest absolute Gasteiger partial charge is 0.258 e. The lowest BCUT2D eigenvalue weighted by atomic mass is 10.1. The molecule has 0 aliphatic heterocycles. The van der Waals surface area contributed by atoms with Crippen molar-refractivity contribution < 1.29 is 9.90 Å². The van der Waals surface area contributed by atoms with Gasteiger partial charge in [0.2, 0.25) is 0 Å². The molecule has 0 saturated heterocycles. The van der Waals surface area contributed by atoms with E-state index in [0.29, 0.717) is 23.6 Å². The molecule has 0 bridgehead atoms. The molecule has 0 fully saturated rings. The van der Waals surface area contributed by atoms with Crippen LogP contribution in [0.5, 0.6) is 0 Å². The number of aliphatic hydroxyl groups excluding tert-OH is 1. The SMILES string of the molecule is Cc1cccc(Cn2cnc(NC(=O)c3ccc(C(C)O)nc3)c2)c1. The second-order valence-electron chi connectivity index (χ2n) is 6.02. The van der Waals surface area contributed by atoms with Gasteiger partial charge in [-0.3, -0.25) is 9.78 Å². The minimum absolute atomic E-state index is 0.287. The first kappa shape index (κ1) is 16.9. The third kappa shape index (κ3) is 4.30. The summed E-state index contributed by atoms with van der Waals surface area (Å²) in [4.78, 5) is 20.5. The van der Waals surface area contributed by atoms with Crippen LogP contribution in [0.2, 0.25) is 0 Å². The summed E-state index contributed by atoms with van der Waals surface area (Å²) < 4.78 is 1.92. The van der Waals surface area contributed by atoms with Crippen molar-refractivity contribution in [3.05, 3.63) is 77.5 Å². The topological polar surface area (TPSA) is 80.0 Å². The van der Waals surface area contributed by atoms with Gasteiger partial charge in [-0.25, -0.2) is 4.98 Å². The molecule has 6 nitrogen and oxygen atoms in total. The Morgan fingerprint density at radius 2 is 2.12 bits per heavy atom. The van der Waals surface area contributed by atoms with Gasteiger partial charge in [-0.2, -0.15) is 0 Å². The van der Waals surface area contributed by atoms with Crippen molar-refractivity contribution >= 4 is 11.7 Å². The second-order valence-corrected chi connectivity index (χ2v) is 6.02. The number of aliphatic hydroxyl groups is 1. The molecule has 2 heterocycles. The molecule has 128 valence electrons. The molecule has 1 atom stereocenters. The van der Waals surface area contributed by atoms with Crippen molar-refractivity contribution in [3.63, 3.8) is 0 Å². The van der Waals surface area contributed by atoms with Crippen molar-refractivity contribution in [1.82, 2.24) is 14.5 Å². The molecule has 1 unspecified atom stereocenters. The van der Waals surface area contributed by atoms with Crippen molar-refractivity contribution in [1.29, 1.82) is 0 Å². The molecule has 2 aromatic heterocycles. The van der Waals surface area contributed by atoms with Gasteiger partial charge in [-0.1, -0.05) is 29.8 Å². The van der Waals surface area contributed by atoms with Crippen LogP contribution in [0.4, 0.5) is 5.82 Å². The maximum absolute atomic E-state index is 12.2. The lowest BCUT2D eigenvalue weighted by Crippen LogP contribution is -2.13. The molecule has 0 aliphatic carbocycles. The Balaban J connectivity index is 1.65. The summed E-state index contributed by atoms with van der Waals surface area (Å²) in [7, 11) is 0. The van der Waals surface area contributed by atoms with E-state index < -0.39 is 6.10 Å². The van der Waals surface area contributed by atoms with Gasteiger partial charge in [0.15, 0.2) is 5.82 Å². The van der Waals surface area contributed by atoms with Crippen LogP contribution in [0.1, 0.15) is 40.2 Å². The number of anilines is 1. The number of hydrogen-bond donors (Lipinski definition) is 2. The van der Waals surface area contributed by atoms with Gasteiger partial charge in [-0.15, -0.1) is 0 Å². The Labute approximate surface area is 146 Å². The molecule has 0 aliphatic rings. The summed E-state index contributed by atoms with van der Waals surface area (Å²) in [5.74, 6) is 0.197. The van der Waals surface area contributed by atoms with Crippen LogP contribution in [0.15, 0.2) is 55.1 Å². The molecule has 6 heteroatoms. The Bertz CT molecular complexity index is 869. The molecule has 0 saturated carbocycles. The summed E-state index contributed by atoms with van der Waals surface area (Å²) in [6, 6.07) is 11.5. The van der Waals surface area contributed by atoms with Gasteiger partial charge in [0, 0.05) is 18.9 Å². The lowest BCUT2D eigenvalue weighted by molar-refractivity contribution is 0.102. The second kappa shape index (κ2) is 7.27. The normalized spacial score (nSPS) is 12.0. The summed E-state index contributed by atoms with van der Waals surface area (Å²) in [6.45, 7) is 4.37. The molecule has 1 aromatic carbocycles. The molecule has 3 rings (SSSR count). The highest BCUT2D eigenvalue weighted by atomic mass is 16.3. The van der Waals surface area contributed by atoms with E-state index in [-0.39, 0.29) is 5.91 Å². The number of nitrogens with one attached hydrogen (secondary N) is 1. The van der Waals surface area contributed by atoms with Crippen LogP contribution in [0.25, 0.3) is 0 Å². The van der Waals surface area contributed by atoms with Crippen molar-refractivity contribution in [2.45, 2.75) is 26.5 Å². The Hall–Kier alpha value is -2.99. The van der Waals surface area contributed by atoms with Crippen LogP contribution in [0, 0.1) is 6.92 Å². The number of imidazole rings is 1. The summed E-state index contributed by atoms with van der Waals surface area (Å²) in [5, 5.41) is 12.2. The summed E-state index contributed by atoms with van der Waals surface area (Å²) >= 11 is 0. The Morgan fingerprint density at radius 3 is 2.80 bits per heavy atom. The number of aromatic nitrogens is 3. The zero-order valence-corrected chi connectivity index (χ0v) is 14.2. The van der Waals surface area contributed by atoms with Gasteiger partial charge in [-0.05, 0) is 31.5 Å². The summed E-state index contributed by atoms with van der Waals surface area (Å²) in [5.41, 5.74) is 3.32. The van der Waals surface area contributed by atoms with E-state index >= 15 is 0 Å². The first-order valence-corrected chi connectivity index (χ1v) is 8.04. The van der Waals surface area contributed by atoms with Gasteiger partial charge >= 0.3 is 0 Å². The highest BCUT2D eigenvalue weighted by molar-refractivity contribution is 6.03. The van der Waals surface area contributed by atoms with Crippen LogP contribution >= 0.6 is 0 Å². The summed E-state index contributed by atoms with van der Waals surface area (Å²) in [6.07, 6.45) is 4.26. The largest absolute Gasteiger partial charge is 0.387 e. The number of rotatable bonds is 5. The van der Waals surface area contributed by atoms with Crippen LogP contribution in [-0.4, -0.2) is 25.5 Å². The van der Waals surface area contributed by atoms with Gasteiger partial charge < -0.3 is 15.0 Å². The van der Waals surface area contributed by atoms with E-state index in [1.807, 2.05) is 10.6 Å². The molecular weight excluding hydrogens is 316 g/mol. The first-order valence-electron chi connectivity index (χ1n) is 8.04. The van der Waals surface area contributed by atoms with E-state index in [1.54, 1.807) is 31.6 Å². The number of benzene rings is 1. The fourth-order valence-corrected chi connectivity index (χ4v) is 2.51. The van der Waals surface area contributed by atoms with E-state index in [1.165, 1.54) is 17.3 Å². The number of carbonyl (C=O) groups excluding carboxylic acids is 1. The van der Waals surface area contributed by atoms with Crippen LogP contribution < -0.4 is 5.32 Å². The third-order valence-corrected chi connectivity index (χ3v) is 3.80. The monoisotopic (exact) mass is 336 g/mol. The lowest BCUT2D eigenvalue weighted by Gasteiger charge is -2.05. The van der Waals surface area contributed by atoms with E-state index in [2.05, 4.69) is 40.4 Å². The van der Waals surface area contributed by atoms with E-state index in [9.17, 15) is 9.90 Å². The van der Waals surface area contributed by atoms with Crippen LogP contribution in [-0.2, 0) is 6.54 Å². The number of amides is 1. The number of carbonyl (C=O) groups is 1. The predicted octanol–water partition coefficient (Wildman–Crippen LogP) is 2.94. The molecule has 0 spiro atoms. The Kier molecular flexibility index (Phi) is 4.90. The maximum Gasteiger partial charge on any atom is 0.258 e. The van der Waals surface area contributed by atoms with E-state index in [4.69, 9.17) is 0 Å². The standard InChI is InChI=1S/C19H20N4O2/c1-13-4-3-5-15(8-13)10-23-11-18(21-12-23)22-19(25)16-6-7-17(14(2)24)20-9-16/h3-9,11-12,14,24H,10H2,1-2H3,(H,22,25). The minimum Gasteiger partial charge on any atom is -0.387 e. The molecule has 3 aromatic rings. The minimum atomic E-state index is -0.658. The predicted molar refractivity (Wildman–Crippen MR) is 95.3 cm³/mol. The van der Waals surface area contributed by atoms with Crippen molar-refractivity contribution in [2.24, 2.45) is 0 Å². The number of hydrogen-bond acceptors (Lipinski definition) is 4. The van der Waals surface area contributed by atoms with Gasteiger partial charge in [0.25, 0.3) is 5.91 Å². The van der Waals surface area contributed by atoms with E-state index in [0.717, 1.165) is 0 Å². The van der Waals surface area contributed by atoms with Crippen molar-refractivity contribution in [2.75, 3.05) is 5.32 Å². The third-order valence-electron chi connectivity index (χ3n) is 3.80. The van der Waals surface area contributed by atoms with Gasteiger partial charge in [0.05, 0.1) is 23.7 Å². The average Bonchev–Trinajstić information content (AvgIpc) is 3.01. The quantitative estimate of drug-likeness (QED) is 0.751. The molecule has 1 amide bonds. The maximum atomic E-state index is 12.2. The fraction of sp³-hybridized carbons (Fsp3) is 0.211. The zero-order chi connectivity index (χ0) is 17.8. The molecule has 25 heavy (non-hydrogen) atoms. The van der Waals surface area contributed by atoms with Gasteiger partial charge in [0.1, 0.15) is 0 Å². The van der Waals surface area contributed by atoms with Crippen molar-refractivity contribution in [3.8, 4) is 0 Å². The number of pyridine rings is 1. The average molecular weight is 336 g/mol. The molecule has 2 N–H and O–H groups in total. The first-order chi connectivity index (χ1) is 12.0. The number of nitrogens with zero attached hydrogens (tertiary/aromatic N) is 3. The highest BCUT2D eigenvalue weighted by Gasteiger charge is 2.10. The fourth-order valence-electron chi connectivity index (χ4n) is 2.51. The Morgan fingerprint density at radius 1 is 1.28 bits per heavy atom. The highest BCUT2D eigenvalue weighted by Crippen LogP contribution is 2.12. The zero-order valence-electron chi connectivity index (χ0n) is 14.2. The molecular formula is C19H20N4O2. The number of aryl methyl sites for hydroxylation is 1. The molecule has 0 radical (unpaired) electrons. The van der Waals surface area contributed by atoms with Crippen LogP contribution in [0.3, 0.4) is 0 Å².